The summed E-state index contributed by atoms with van der Waals surface area (Å²) in [6, 6.07) is 7.61. The molecular formula is C16H19N3O2. The van der Waals surface area contributed by atoms with Crippen molar-refractivity contribution in [2.24, 2.45) is 5.92 Å². The third-order valence-corrected chi connectivity index (χ3v) is 4.14. The summed E-state index contributed by atoms with van der Waals surface area (Å²) in [5.41, 5.74) is 1.51. The third kappa shape index (κ3) is 2.82. The summed E-state index contributed by atoms with van der Waals surface area (Å²) in [4.78, 5) is 18.5. The van der Waals surface area contributed by atoms with Crippen LogP contribution < -0.4 is 0 Å². The van der Waals surface area contributed by atoms with Crippen molar-refractivity contribution in [3.63, 3.8) is 0 Å². The minimum atomic E-state index is 0.0580. The fraction of sp³-hybridized carbons (Fsp3) is 0.438. The number of nitrogens with zero attached hydrogens (tertiary/aromatic N) is 3. The fourth-order valence-electron chi connectivity index (χ4n) is 2.45. The number of hydrogen-bond donors (Lipinski definition) is 0. The maximum atomic E-state index is 12.4. The molecule has 1 heterocycles. The molecule has 1 aliphatic carbocycles. The second-order valence-corrected chi connectivity index (χ2v) is 5.72. The van der Waals surface area contributed by atoms with Crippen LogP contribution in [0.4, 0.5) is 0 Å². The van der Waals surface area contributed by atoms with Crippen LogP contribution in [0, 0.1) is 12.8 Å². The molecule has 1 amide bonds. The average Bonchev–Trinajstić information content (AvgIpc) is 3.27. The Morgan fingerprint density at radius 1 is 1.33 bits per heavy atom. The van der Waals surface area contributed by atoms with Gasteiger partial charge in [0.2, 0.25) is 0 Å². The first-order chi connectivity index (χ1) is 10.1. The van der Waals surface area contributed by atoms with E-state index in [9.17, 15) is 4.79 Å². The summed E-state index contributed by atoms with van der Waals surface area (Å²) < 4.78 is 5.12. The largest absolute Gasteiger partial charge is 0.339 e. The Labute approximate surface area is 124 Å². The van der Waals surface area contributed by atoms with Gasteiger partial charge in [-0.3, -0.25) is 4.79 Å². The highest BCUT2D eigenvalue weighted by Crippen LogP contribution is 2.35. The topological polar surface area (TPSA) is 59.2 Å². The average molecular weight is 285 g/mol. The zero-order chi connectivity index (χ0) is 15.0. The Morgan fingerprint density at radius 2 is 2.00 bits per heavy atom. The molecule has 1 unspecified atom stereocenters. The van der Waals surface area contributed by atoms with Gasteiger partial charge in [0.1, 0.15) is 0 Å². The van der Waals surface area contributed by atoms with Crippen LogP contribution in [0.15, 0.2) is 28.8 Å². The zero-order valence-corrected chi connectivity index (χ0v) is 12.5. The molecule has 1 atom stereocenters. The van der Waals surface area contributed by atoms with E-state index in [1.807, 2.05) is 36.2 Å². The van der Waals surface area contributed by atoms with Gasteiger partial charge in [0.05, 0.1) is 0 Å². The van der Waals surface area contributed by atoms with E-state index in [1.165, 1.54) is 12.8 Å². The van der Waals surface area contributed by atoms with Crippen molar-refractivity contribution in [3.05, 3.63) is 35.7 Å². The lowest BCUT2D eigenvalue weighted by atomic mass is 10.1. The molecule has 2 aromatic rings. The molecule has 0 spiro atoms. The zero-order valence-electron chi connectivity index (χ0n) is 12.5. The van der Waals surface area contributed by atoms with Crippen LogP contribution in [0.3, 0.4) is 0 Å². The minimum absolute atomic E-state index is 0.0580. The van der Waals surface area contributed by atoms with Crippen molar-refractivity contribution in [1.82, 2.24) is 15.0 Å². The Hall–Kier alpha value is -2.17. The first kappa shape index (κ1) is 13.8. The molecule has 5 nitrogen and oxygen atoms in total. The molecule has 0 bridgehead atoms. The normalized spacial score (nSPS) is 15.8. The molecular weight excluding hydrogens is 266 g/mol. The molecule has 21 heavy (non-hydrogen) atoms. The predicted octanol–water partition coefficient (Wildman–Crippen LogP) is 2.92. The Kier molecular flexibility index (Phi) is 3.49. The maximum Gasteiger partial charge on any atom is 0.257 e. The minimum Gasteiger partial charge on any atom is -0.339 e. The van der Waals surface area contributed by atoms with Crippen molar-refractivity contribution < 1.29 is 9.32 Å². The third-order valence-electron chi connectivity index (χ3n) is 4.14. The van der Waals surface area contributed by atoms with Crippen molar-refractivity contribution in [3.8, 4) is 11.5 Å². The van der Waals surface area contributed by atoms with E-state index in [1.54, 1.807) is 6.92 Å². The van der Waals surface area contributed by atoms with Crippen molar-refractivity contribution >= 4 is 5.91 Å². The number of aromatic nitrogens is 2. The van der Waals surface area contributed by atoms with E-state index >= 15 is 0 Å². The second-order valence-electron chi connectivity index (χ2n) is 5.72. The molecule has 1 aromatic carbocycles. The van der Waals surface area contributed by atoms with Crippen molar-refractivity contribution in [2.45, 2.75) is 32.7 Å². The molecule has 0 radical (unpaired) electrons. The lowest BCUT2D eigenvalue weighted by Crippen LogP contribution is -2.36. The lowest BCUT2D eigenvalue weighted by Gasteiger charge is -2.25. The van der Waals surface area contributed by atoms with Gasteiger partial charge >= 0.3 is 0 Å². The number of carbonyl (C=O) groups excluding carboxylic acids is 1. The molecule has 1 aromatic heterocycles. The Balaban J connectivity index is 1.75. The highest BCUT2D eigenvalue weighted by molar-refractivity contribution is 5.94. The van der Waals surface area contributed by atoms with Crippen LogP contribution in [0.25, 0.3) is 11.5 Å². The van der Waals surface area contributed by atoms with Gasteiger partial charge in [0.15, 0.2) is 5.82 Å². The van der Waals surface area contributed by atoms with Gasteiger partial charge in [-0.1, -0.05) is 5.16 Å². The highest BCUT2D eigenvalue weighted by Gasteiger charge is 2.32. The maximum absolute atomic E-state index is 12.4. The van der Waals surface area contributed by atoms with E-state index in [-0.39, 0.29) is 5.91 Å². The number of hydrogen-bond acceptors (Lipinski definition) is 4. The Morgan fingerprint density at radius 3 is 2.52 bits per heavy atom. The standard InChI is InChI=1S/C16H19N3O2/c1-10(12-4-5-12)19(3)16(20)14-8-6-13(7-9-14)15-17-11(2)18-21-15/h6-10,12H,4-5H2,1-3H3. The van der Waals surface area contributed by atoms with Gasteiger partial charge in [-0.2, -0.15) is 4.98 Å². The predicted molar refractivity (Wildman–Crippen MR) is 78.8 cm³/mol. The molecule has 1 fully saturated rings. The van der Waals surface area contributed by atoms with Gasteiger partial charge in [0, 0.05) is 24.2 Å². The van der Waals surface area contributed by atoms with Gasteiger partial charge in [-0.15, -0.1) is 0 Å². The van der Waals surface area contributed by atoms with Gasteiger partial charge < -0.3 is 9.42 Å². The fourth-order valence-corrected chi connectivity index (χ4v) is 2.45. The van der Waals surface area contributed by atoms with E-state index in [0.29, 0.717) is 29.2 Å². The monoisotopic (exact) mass is 285 g/mol. The van der Waals surface area contributed by atoms with Crippen LogP contribution in [0.5, 0.6) is 0 Å². The first-order valence-electron chi connectivity index (χ1n) is 7.24. The quantitative estimate of drug-likeness (QED) is 0.866. The molecule has 1 aliphatic rings. The molecule has 0 saturated heterocycles. The van der Waals surface area contributed by atoms with Gasteiger partial charge in [-0.05, 0) is 56.9 Å². The molecule has 5 heteroatoms. The smallest absolute Gasteiger partial charge is 0.257 e. The number of carbonyl (C=O) groups is 1. The number of benzene rings is 1. The van der Waals surface area contributed by atoms with E-state index in [2.05, 4.69) is 17.1 Å². The molecule has 110 valence electrons. The molecule has 0 N–H and O–H groups in total. The Bertz CT molecular complexity index is 644. The summed E-state index contributed by atoms with van der Waals surface area (Å²) in [5.74, 6) is 1.80. The summed E-state index contributed by atoms with van der Waals surface area (Å²) in [6.45, 7) is 3.89. The molecule has 3 rings (SSSR count). The summed E-state index contributed by atoms with van der Waals surface area (Å²) in [5, 5.41) is 3.77. The van der Waals surface area contributed by atoms with Crippen molar-refractivity contribution in [2.75, 3.05) is 7.05 Å². The SMILES string of the molecule is Cc1noc(-c2ccc(C(=O)N(C)C(C)C3CC3)cc2)n1. The van der Waals surface area contributed by atoms with Crippen LogP contribution in [-0.4, -0.2) is 34.0 Å². The number of amides is 1. The van der Waals surface area contributed by atoms with Crippen molar-refractivity contribution in [1.29, 1.82) is 0 Å². The van der Waals surface area contributed by atoms with E-state index in [4.69, 9.17) is 4.52 Å². The number of aryl methyl sites for hydroxylation is 1. The van der Waals surface area contributed by atoms with Crippen LogP contribution in [0.2, 0.25) is 0 Å². The number of rotatable bonds is 4. The summed E-state index contributed by atoms with van der Waals surface area (Å²) in [6.07, 6.45) is 2.46. The first-order valence-corrected chi connectivity index (χ1v) is 7.24. The van der Waals surface area contributed by atoms with Gasteiger partial charge in [-0.25, -0.2) is 0 Å². The van der Waals surface area contributed by atoms with E-state index < -0.39 is 0 Å². The summed E-state index contributed by atoms with van der Waals surface area (Å²) >= 11 is 0. The van der Waals surface area contributed by atoms with Crippen LogP contribution in [0.1, 0.15) is 35.9 Å². The van der Waals surface area contributed by atoms with E-state index in [0.717, 1.165) is 5.56 Å². The van der Waals surface area contributed by atoms with Crippen LogP contribution in [-0.2, 0) is 0 Å². The summed E-state index contributed by atoms with van der Waals surface area (Å²) in [7, 11) is 1.88. The van der Waals surface area contributed by atoms with Gasteiger partial charge in [0.25, 0.3) is 11.8 Å². The lowest BCUT2D eigenvalue weighted by molar-refractivity contribution is 0.0727. The second kappa shape index (κ2) is 5.31. The molecule has 0 aliphatic heterocycles. The molecule has 1 saturated carbocycles. The van der Waals surface area contributed by atoms with Crippen LogP contribution >= 0.6 is 0 Å². The highest BCUT2D eigenvalue weighted by atomic mass is 16.5.